The molecular formula is C22H21F7N4O8S. The fourth-order valence-electron chi connectivity index (χ4n) is 3.14. The first-order valence-electron chi connectivity index (χ1n) is 10.9. The predicted molar refractivity (Wildman–Crippen MR) is 130 cm³/mol. The Morgan fingerprint density at radius 3 is 2.02 bits per heavy atom. The zero-order chi connectivity index (χ0) is 32.0. The summed E-state index contributed by atoms with van der Waals surface area (Å²) >= 11 is 0. The molecule has 1 heterocycles. The van der Waals surface area contributed by atoms with E-state index in [9.17, 15) is 39.2 Å². The molecule has 42 heavy (non-hydrogen) atoms. The summed E-state index contributed by atoms with van der Waals surface area (Å²) in [7, 11) is 0.834. The van der Waals surface area contributed by atoms with Crippen molar-refractivity contribution in [2.75, 3.05) is 40.3 Å². The van der Waals surface area contributed by atoms with Gasteiger partial charge in [-0.2, -0.15) is 26.3 Å². The predicted octanol–water partition coefficient (Wildman–Crippen LogP) is 4.02. The number of ether oxygens (including phenoxy) is 4. The van der Waals surface area contributed by atoms with Gasteiger partial charge in [-0.05, 0) is 13.1 Å². The number of rotatable bonds is 9. The van der Waals surface area contributed by atoms with Gasteiger partial charge >= 0.3 is 18.3 Å². The highest BCUT2D eigenvalue weighted by Crippen LogP contribution is 2.46. The largest absolute Gasteiger partial charge is 0.493 e. The summed E-state index contributed by atoms with van der Waals surface area (Å²) in [5.74, 6) is -4.14. The van der Waals surface area contributed by atoms with Crippen LogP contribution in [0.15, 0.2) is 29.4 Å². The Morgan fingerprint density at radius 1 is 0.952 bits per heavy atom. The summed E-state index contributed by atoms with van der Waals surface area (Å²) in [4.78, 5) is 16.3. The topological polar surface area (TPSA) is 158 Å². The summed E-state index contributed by atoms with van der Waals surface area (Å²) in [6.45, 7) is -1.75. The number of nitrogens with one attached hydrogen (secondary N) is 2. The van der Waals surface area contributed by atoms with Crippen molar-refractivity contribution >= 4 is 38.4 Å². The average Bonchev–Trinajstić information content (AvgIpc) is 2.90. The fraction of sp³-hybridized carbons (Fsp3) is 0.318. The second-order valence-corrected chi connectivity index (χ2v) is 9.43. The van der Waals surface area contributed by atoms with Crippen LogP contribution in [0.3, 0.4) is 0 Å². The van der Waals surface area contributed by atoms with E-state index in [1.807, 2.05) is 4.72 Å². The maximum absolute atomic E-state index is 14.5. The van der Waals surface area contributed by atoms with Crippen LogP contribution >= 0.6 is 0 Å². The van der Waals surface area contributed by atoms with E-state index >= 15 is 0 Å². The van der Waals surface area contributed by atoms with Crippen LogP contribution in [0.1, 0.15) is 0 Å². The Morgan fingerprint density at radius 2 is 1.55 bits per heavy atom. The van der Waals surface area contributed by atoms with Crippen molar-refractivity contribution in [3.05, 3.63) is 30.3 Å². The number of benzene rings is 2. The number of methoxy groups -OCH3 is 3. The Bertz CT molecular complexity index is 1550. The zero-order valence-electron chi connectivity index (χ0n) is 21.8. The molecule has 0 atom stereocenters. The van der Waals surface area contributed by atoms with Gasteiger partial charge in [0.2, 0.25) is 15.8 Å². The quantitative estimate of drug-likeness (QED) is 0.292. The van der Waals surface area contributed by atoms with Crippen molar-refractivity contribution in [2.45, 2.75) is 17.2 Å². The van der Waals surface area contributed by atoms with Crippen molar-refractivity contribution in [1.82, 2.24) is 14.7 Å². The van der Waals surface area contributed by atoms with Gasteiger partial charge in [-0.15, -0.1) is 0 Å². The molecule has 0 saturated carbocycles. The molecule has 0 spiro atoms. The van der Waals surface area contributed by atoms with Gasteiger partial charge in [0, 0.05) is 12.1 Å². The number of anilines is 2. The number of carboxylic acid groups (broad SMARTS) is 1. The first-order chi connectivity index (χ1) is 19.4. The van der Waals surface area contributed by atoms with Gasteiger partial charge < -0.3 is 29.4 Å². The number of sulfonamides is 1. The molecule has 0 radical (unpaired) electrons. The molecule has 0 amide bonds. The molecule has 0 aliphatic rings. The number of aromatic nitrogens is 2. The third-order valence-electron chi connectivity index (χ3n) is 4.91. The summed E-state index contributed by atoms with van der Waals surface area (Å²) in [5.41, 5.74) is -0.0266. The molecule has 0 fully saturated rings. The van der Waals surface area contributed by atoms with Crippen molar-refractivity contribution in [1.29, 1.82) is 0 Å². The van der Waals surface area contributed by atoms with Crippen LogP contribution in [0.5, 0.6) is 23.0 Å². The van der Waals surface area contributed by atoms with E-state index in [-0.39, 0.29) is 34.1 Å². The van der Waals surface area contributed by atoms with Crippen molar-refractivity contribution in [2.24, 2.45) is 0 Å². The molecule has 0 bridgehead atoms. The molecule has 20 heteroatoms. The molecule has 3 aromatic rings. The summed E-state index contributed by atoms with van der Waals surface area (Å²) in [5, 5.41) is 10.0. The van der Waals surface area contributed by atoms with Gasteiger partial charge in [0.25, 0.3) is 0 Å². The molecule has 0 aliphatic heterocycles. The third kappa shape index (κ3) is 8.12. The maximum atomic E-state index is 14.5. The summed E-state index contributed by atoms with van der Waals surface area (Å²) in [6.07, 6.45) is -8.68. The lowest BCUT2D eigenvalue weighted by molar-refractivity contribution is -0.192. The van der Waals surface area contributed by atoms with Crippen molar-refractivity contribution < 1.29 is 68.0 Å². The van der Waals surface area contributed by atoms with Gasteiger partial charge in [0.1, 0.15) is 28.6 Å². The lowest BCUT2D eigenvalue weighted by Gasteiger charge is -2.19. The molecule has 232 valence electrons. The van der Waals surface area contributed by atoms with Crippen molar-refractivity contribution in [3.63, 3.8) is 0 Å². The lowest BCUT2D eigenvalue weighted by Crippen LogP contribution is -2.22. The minimum absolute atomic E-state index is 0.0240. The summed E-state index contributed by atoms with van der Waals surface area (Å²) in [6, 6.07) is 2.82. The Hall–Kier alpha value is -4.33. The monoisotopic (exact) mass is 634 g/mol. The smallest absolute Gasteiger partial charge is 0.490 e. The second-order valence-electron chi connectivity index (χ2n) is 7.58. The highest BCUT2D eigenvalue weighted by Gasteiger charge is 2.38. The van der Waals surface area contributed by atoms with E-state index in [1.165, 1.54) is 27.4 Å². The van der Waals surface area contributed by atoms with Crippen LogP contribution < -0.4 is 29.0 Å². The Kier molecular flexibility index (Phi) is 10.6. The Balaban J connectivity index is 0.000000782. The number of aliphatic carboxylic acids is 1. The van der Waals surface area contributed by atoms with Crippen LogP contribution in [-0.2, 0) is 14.8 Å². The molecule has 0 unspecified atom stereocenters. The molecule has 0 aliphatic carbocycles. The third-order valence-corrected chi connectivity index (χ3v) is 6.34. The first kappa shape index (κ1) is 33.9. The number of hydrogen-bond acceptors (Lipinski definition) is 10. The highest BCUT2D eigenvalue weighted by atomic mass is 32.2. The molecule has 12 nitrogen and oxygen atoms in total. The number of hydrogen-bond donors (Lipinski definition) is 3. The van der Waals surface area contributed by atoms with Gasteiger partial charge in [-0.25, -0.2) is 32.3 Å². The van der Waals surface area contributed by atoms with E-state index in [4.69, 9.17) is 28.8 Å². The molecule has 3 rings (SSSR count). The molecular weight excluding hydrogens is 613 g/mol. The van der Waals surface area contributed by atoms with E-state index in [2.05, 4.69) is 15.3 Å². The molecule has 3 N–H and O–H groups in total. The number of carbonyl (C=O) groups is 1. The van der Waals surface area contributed by atoms with Gasteiger partial charge in [0.05, 0.1) is 37.9 Å². The van der Waals surface area contributed by atoms with Crippen molar-refractivity contribution in [3.8, 4) is 23.0 Å². The fourth-order valence-corrected chi connectivity index (χ4v) is 3.95. The SMILES string of the molecule is CNS(=O)(=O)c1cc(Nc2ncnc3cc(OC)c(OC)c(OC)c23)c(OCC(F)(F)F)cc1F.O=C(O)C(F)(F)F. The molecule has 0 saturated heterocycles. The number of nitrogens with zero attached hydrogens (tertiary/aromatic N) is 2. The van der Waals surface area contributed by atoms with Crippen LogP contribution in [0, 0.1) is 5.82 Å². The van der Waals surface area contributed by atoms with Crippen LogP contribution in [0.4, 0.5) is 42.2 Å². The van der Waals surface area contributed by atoms with Crippen LogP contribution in [0.25, 0.3) is 10.9 Å². The maximum Gasteiger partial charge on any atom is 0.490 e. The standard InChI is InChI=1S/C20H20F4N4O6S.C2HF3O2/c1-25-35(29,30)15-7-11(13(5-10(15)21)34-8-20(22,23)24)28-19-16-12(26-9-27-19)6-14(31-2)17(32-3)18(16)33-4;3-2(4,5)1(6)7/h5-7,9,25H,8H2,1-4H3,(H,26,27,28);(H,6,7). The van der Waals surface area contributed by atoms with E-state index in [0.717, 1.165) is 19.4 Å². The lowest BCUT2D eigenvalue weighted by atomic mass is 10.1. The second kappa shape index (κ2) is 13.1. The molecule has 2 aromatic carbocycles. The van der Waals surface area contributed by atoms with E-state index < -0.39 is 51.4 Å². The number of carboxylic acids is 1. The highest BCUT2D eigenvalue weighted by molar-refractivity contribution is 7.89. The first-order valence-corrected chi connectivity index (χ1v) is 12.4. The Labute approximate surface area is 232 Å². The van der Waals surface area contributed by atoms with Crippen LogP contribution in [-0.4, -0.2) is 76.8 Å². The minimum Gasteiger partial charge on any atom is -0.493 e. The number of alkyl halides is 6. The average molecular weight is 634 g/mol. The van der Waals surface area contributed by atoms with Gasteiger partial charge in [-0.1, -0.05) is 0 Å². The van der Waals surface area contributed by atoms with Crippen LogP contribution in [0.2, 0.25) is 0 Å². The van der Waals surface area contributed by atoms with E-state index in [0.29, 0.717) is 11.6 Å². The van der Waals surface area contributed by atoms with E-state index in [1.54, 1.807) is 0 Å². The summed E-state index contributed by atoms with van der Waals surface area (Å²) < 4.78 is 132. The molecule has 1 aromatic heterocycles. The number of halogens is 7. The normalized spacial score (nSPS) is 11.8. The number of fused-ring (bicyclic) bond motifs is 1. The zero-order valence-corrected chi connectivity index (χ0v) is 22.6. The minimum atomic E-state index is -5.08. The van der Waals surface area contributed by atoms with Gasteiger partial charge in [-0.3, -0.25) is 0 Å². The van der Waals surface area contributed by atoms with Gasteiger partial charge in [0.15, 0.2) is 18.1 Å².